The molecule has 112 valence electrons. The molecule has 0 fully saturated rings. The van der Waals surface area contributed by atoms with Crippen LogP contribution in [0.25, 0.3) is 0 Å². The molecule has 0 radical (unpaired) electrons. The largest absolute Gasteiger partial charge is 0.483 e. The molecule has 1 aromatic carbocycles. The van der Waals surface area contributed by atoms with Gasteiger partial charge in [0.1, 0.15) is 12.4 Å². The van der Waals surface area contributed by atoms with Gasteiger partial charge in [-0.05, 0) is 24.3 Å². The Labute approximate surface area is 121 Å². The van der Waals surface area contributed by atoms with Crippen LogP contribution in [0.2, 0.25) is 0 Å². The van der Waals surface area contributed by atoms with Gasteiger partial charge in [-0.15, -0.1) is 0 Å². The van der Waals surface area contributed by atoms with Crippen LogP contribution in [0.5, 0.6) is 5.75 Å². The summed E-state index contributed by atoms with van der Waals surface area (Å²) < 4.78 is 19.2. The van der Waals surface area contributed by atoms with Gasteiger partial charge >= 0.3 is 0 Å². The van der Waals surface area contributed by atoms with Gasteiger partial charge in [-0.1, -0.05) is 6.08 Å². The number of carbonyl (C=O) groups is 1. The smallest absolute Gasteiger partial charge is 0.223 e. The summed E-state index contributed by atoms with van der Waals surface area (Å²) in [6, 6.07) is 3.95. The van der Waals surface area contributed by atoms with Gasteiger partial charge in [0.05, 0.1) is 5.92 Å². The number of halogens is 1. The molecule has 0 spiro atoms. The molecule has 2 rings (SSSR count). The summed E-state index contributed by atoms with van der Waals surface area (Å²) in [5.41, 5.74) is -0.858. The maximum absolute atomic E-state index is 13.7. The summed E-state index contributed by atoms with van der Waals surface area (Å²) in [6.07, 6.45) is 4.01. The van der Waals surface area contributed by atoms with Gasteiger partial charge in [0, 0.05) is 30.8 Å². The first-order valence-corrected chi connectivity index (χ1v) is 6.59. The Morgan fingerprint density at radius 3 is 2.71 bits per heavy atom. The molecule has 0 amide bonds. The number of nitro groups is 1. The number of nitrogens with zero attached hydrogens (tertiary/aromatic N) is 1. The molecule has 0 aliphatic heterocycles. The minimum atomic E-state index is -1.09. The Bertz CT molecular complexity index is 597. The van der Waals surface area contributed by atoms with E-state index in [0.717, 1.165) is 6.07 Å². The van der Waals surface area contributed by atoms with Crippen LogP contribution in [0.15, 0.2) is 30.4 Å². The second-order valence-electron chi connectivity index (χ2n) is 5.60. The number of rotatable bonds is 5. The zero-order valence-electron chi connectivity index (χ0n) is 11.8. The predicted molar refractivity (Wildman–Crippen MR) is 74.5 cm³/mol. The Hall–Kier alpha value is -2.24. The van der Waals surface area contributed by atoms with Crippen molar-refractivity contribution in [3.8, 4) is 5.75 Å². The molecular weight excluding hydrogens is 277 g/mol. The van der Waals surface area contributed by atoms with Crippen molar-refractivity contribution in [3.63, 3.8) is 0 Å². The van der Waals surface area contributed by atoms with E-state index in [4.69, 9.17) is 4.74 Å². The van der Waals surface area contributed by atoms with E-state index < -0.39 is 17.5 Å². The standard InChI is InChI=1S/C15H16FNO4/c1-15(2,17(19)20)11-4-5-12(8-11)21-14-6-3-10(9-18)7-13(14)16/h3-7,9,11-12H,8H2,1-2H3. The molecule has 1 aliphatic rings. The predicted octanol–water partition coefficient (Wildman–Crippen LogP) is 3.02. The monoisotopic (exact) mass is 293 g/mol. The number of hydrogen-bond donors (Lipinski definition) is 0. The number of ether oxygens (including phenoxy) is 1. The Balaban J connectivity index is 2.06. The lowest BCUT2D eigenvalue weighted by molar-refractivity contribution is -0.568. The highest BCUT2D eigenvalue weighted by Gasteiger charge is 2.42. The number of hydrogen-bond acceptors (Lipinski definition) is 4. The Morgan fingerprint density at radius 1 is 1.43 bits per heavy atom. The Morgan fingerprint density at radius 2 is 2.14 bits per heavy atom. The van der Waals surface area contributed by atoms with Crippen LogP contribution < -0.4 is 4.74 Å². The minimum absolute atomic E-state index is 0.0369. The Kier molecular flexibility index (Phi) is 4.06. The van der Waals surface area contributed by atoms with Gasteiger partial charge in [-0.25, -0.2) is 4.39 Å². The van der Waals surface area contributed by atoms with E-state index in [1.165, 1.54) is 12.1 Å². The molecule has 0 aromatic heterocycles. The topological polar surface area (TPSA) is 69.4 Å². The van der Waals surface area contributed by atoms with Crippen LogP contribution in [-0.4, -0.2) is 22.9 Å². The summed E-state index contributed by atoms with van der Waals surface area (Å²) >= 11 is 0. The fourth-order valence-corrected chi connectivity index (χ4v) is 2.26. The van der Waals surface area contributed by atoms with E-state index in [1.54, 1.807) is 26.0 Å². The van der Waals surface area contributed by atoms with Gasteiger partial charge in [-0.3, -0.25) is 14.9 Å². The molecule has 2 unspecified atom stereocenters. The average Bonchev–Trinajstić information content (AvgIpc) is 2.90. The number of carbonyl (C=O) groups excluding carboxylic acids is 1. The molecule has 0 saturated carbocycles. The zero-order valence-corrected chi connectivity index (χ0v) is 11.8. The molecule has 1 aliphatic carbocycles. The molecule has 0 bridgehead atoms. The first kappa shape index (κ1) is 15.2. The van der Waals surface area contributed by atoms with E-state index in [-0.39, 0.29) is 22.2 Å². The SMILES string of the molecule is CC(C)(C1C=CC(Oc2ccc(C=O)cc2F)C1)[N+](=O)[O-]. The normalized spacial score (nSPS) is 21.3. The van der Waals surface area contributed by atoms with Crippen LogP contribution in [0.4, 0.5) is 4.39 Å². The molecule has 5 nitrogen and oxygen atoms in total. The maximum atomic E-state index is 13.7. The van der Waals surface area contributed by atoms with E-state index in [1.807, 2.05) is 0 Å². The third kappa shape index (κ3) is 3.09. The lowest BCUT2D eigenvalue weighted by atomic mass is 9.87. The van der Waals surface area contributed by atoms with Crippen LogP contribution >= 0.6 is 0 Å². The van der Waals surface area contributed by atoms with Crippen molar-refractivity contribution in [3.05, 3.63) is 51.8 Å². The fourth-order valence-electron chi connectivity index (χ4n) is 2.26. The van der Waals surface area contributed by atoms with Gasteiger partial charge in [-0.2, -0.15) is 0 Å². The van der Waals surface area contributed by atoms with Gasteiger partial charge in [0.25, 0.3) is 0 Å². The lowest BCUT2D eigenvalue weighted by Crippen LogP contribution is -2.38. The summed E-state index contributed by atoms with van der Waals surface area (Å²) in [5.74, 6) is -0.852. The van der Waals surface area contributed by atoms with Crippen molar-refractivity contribution in [2.45, 2.75) is 31.9 Å². The van der Waals surface area contributed by atoms with Crippen molar-refractivity contribution in [1.82, 2.24) is 0 Å². The molecule has 1 aromatic rings. The van der Waals surface area contributed by atoms with Gasteiger partial charge < -0.3 is 4.74 Å². The van der Waals surface area contributed by atoms with Gasteiger partial charge in [0.2, 0.25) is 5.54 Å². The summed E-state index contributed by atoms with van der Waals surface area (Å²) in [7, 11) is 0. The number of benzene rings is 1. The quantitative estimate of drug-likeness (QED) is 0.362. The van der Waals surface area contributed by atoms with Crippen molar-refractivity contribution in [2.75, 3.05) is 0 Å². The molecule has 0 saturated heterocycles. The summed E-state index contributed by atoms with van der Waals surface area (Å²) in [4.78, 5) is 21.3. The van der Waals surface area contributed by atoms with E-state index in [0.29, 0.717) is 12.7 Å². The van der Waals surface area contributed by atoms with Gasteiger partial charge in [0.15, 0.2) is 11.6 Å². The highest BCUT2D eigenvalue weighted by Crippen LogP contribution is 2.33. The maximum Gasteiger partial charge on any atom is 0.223 e. The minimum Gasteiger partial charge on any atom is -0.483 e. The summed E-state index contributed by atoms with van der Waals surface area (Å²) in [6.45, 7) is 3.12. The zero-order chi connectivity index (χ0) is 15.6. The van der Waals surface area contributed by atoms with E-state index in [9.17, 15) is 19.3 Å². The molecular formula is C15H16FNO4. The number of aldehydes is 1. The average molecular weight is 293 g/mol. The second-order valence-corrected chi connectivity index (χ2v) is 5.60. The molecule has 6 heteroatoms. The molecule has 0 heterocycles. The van der Waals surface area contributed by atoms with Crippen molar-refractivity contribution in [1.29, 1.82) is 0 Å². The van der Waals surface area contributed by atoms with E-state index in [2.05, 4.69) is 0 Å². The highest BCUT2D eigenvalue weighted by atomic mass is 19.1. The van der Waals surface area contributed by atoms with Crippen LogP contribution in [0.1, 0.15) is 30.6 Å². The van der Waals surface area contributed by atoms with Crippen molar-refractivity contribution >= 4 is 6.29 Å². The highest BCUT2D eigenvalue weighted by molar-refractivity contribution is 5.74. The third-order valence-corrected chi connectivity index (χ3v) is 3.79. The summed E-state index contributed by atoms with van der Waals surface area (Å²) in [5, 5.41) is 11.0. The second kappa shape index (κ2) is 5.63. The lowest BCUT2D eigenvalue weighted by Gasteiger charge is -2.22. The first-order chi connectivity index (χ1) is 9.84. The molecule has 21 heavy (non-hydrogen) atoms. The van der Waals surface area contributed by atoms with E-state index >= 15 is 0 Å². The first-order valence-electron chi connectivity index (χ1n) is 6.59. The van der Waals surface area contributed by atoms with Crippen molar-refractivity contribution in [2.24, 2.45) is 5.92 Å². The third-order valence-electron chi connectivity index (χ3n) is 3.79. The van der Waals surface area contributed by atoms with Crippen LogP contribution in [0, 0.1) is 21.8 Å². The van der Waals surface area contributed by atoms with Crippen molar-refractivity contribution < 1.29 is 18.8 Å². The van der Waals surface area contributed by atoms with Crippen LogP contribution in [0.3, 0.4) is 0 Å². The fraction of sp³-hybridized carbons (Fsp3) is 0.400. The van der Waals surface area contributed by atoms with Crippen LogP contribution in [-0.2, 0) is 0 Å². The molecule has 2 atom stereocenters. The molecule has 0 N–H and O–H groups in total.